The van der Waals surface area contributed by atoms with Crippen LogP contribution in [0.1, 0.15) is 28.8 Å². The first-order valence-corrected chi connectivity index (χ1v) is 8.31. The molecule has 0 radical (unpaired) electrons. The number of rotatable bonds is 4. The molecule has 1 saturated carbocycles. The molecule has 2 N–H and O–H groups in total. The zero-order valence-corrected chi connectivity index (χ0v) is 14.4. The molecular formula is C18H13ClF4N2O2. The van der Waals surface area contributed by atoms with Crippen molar-refractivity contribution in [2.24, 2.45) is 5.92 Å². The molecule has 0 atom stereocenters. The predicted octanol–water partition coefficient (Wildman–Crippen LogP) is 5.10. The lowest BCUT2D eigenvalue weighted by Crippen LogP contribution is -2.19. The van der Waals surface area contributed by atoms with Crippen LogP contribution in [0.3, 0.4) is 0 Å². The summed E-state index contributed by atoms with van der Waals surface area (Å²) in [6.45, 7) is 0. The third-order valence-electron chi connectivity index (χ3n) is 3.96. The van der Waals surface area contributed by atoms with E-state index in [4.69, 9.17) is 11.6 Å². The highest BCUT2D eigenvalue weighted by Crippen LogP contribution is 2.37. The largest absolute Gasteiger partial charge is 0.418 e. The molecule has 1 aliphatic carbocycles. The summed E-state index contributed by atoms with van der Waals surface area (Å²) < 4.78 is 53.9. The van der Waals surface area contributed by atoms with E-state index >= 15 is 0 Å². The van der Waals surface area contributed by atoms with Gasteiger partial charge in [0.25, 0.3) is 5.91 Å². The number of halogens is 5. The van der Waals surface area contributed by atoms with Crippen LogP contribution in [0.25, 0.3) is 0 Å². The van der Waals surface area contributed by atoms with Crippen molar-refractivity contribution < 1.29 is 27.2 Å². The Labute approximate surface area is 156 Å². The Balaban J connectivity index is 1.88. The first kappa shape index (κ1) is 19.2. The Morgan fingerprint density at radius 3 is 2.37 bits per heavy atom. The first-order chi connectivity index (χ1) is 12.6. The third kappa shape index (κ3) is 4.57. The molecule has 2 amide bonds. The van der Waals surface area contributed by atoms with Gasteiger partial charge in [-0.25, -0.2) is 4.39 Å². The number of nitrogens with one attached hydrogen (secondary N) is 2. The van der Waals surface area contributed by atoms with Crippen molar-refractivity contribution in [1.29, 1.82) is 0 Å². The quantitative estimate of drug-likeness (QED) is 0.702. The molecule has 1 fully saturated rings. The molecule has 2 aromatic carbocycles. The minimum atomic E-state index is -4.80. The zero-order chi connectivity index (χ0) is 19.8. The van der Waals surface area contributed by atoms with Crippen molar-refractivity contribution in [3.63, 3.8) is 0 Å². The number of anilines is 2. The summed E-state index contributed by atoms with van der Waals surface area (Å²) in [5, 5.41) is 4.53. The standard InChI is InChI=1S/C18H13ClF4N2O2/c19-10-3-5-14(20)12(7-10)17(27)25-15-6-4-11(8-13(15)18(21,22)23)24-16(26)9-1-2-9/h3-9H,1-2H2,(H,24,26)(H,25,27). The lowest BCUT2D eigenvalue weighted by Gasteiger charge is -2.16. The van der Waals surface area contributed by atoms with Crippen LogP contribution in [0.4, 0.5) is 28.9 Å². The minimum absolute atomic E-state index is 0.0360. The molecule has 2 aromatic rings. The van der Waals surface area contributed by atoms with E-state index in [0.717, 1.165) is 24.3 Å². The van der Waals surface area contributed by atoms with Crippen LogP contribution in [-0.4, -0.2) is 11.8 Å². The lowest BCUT2D eigenvalue weighted by atomic mass is 10.1. The second-order valence-electron chi connectivity index (χ2n) is 6.10. The summed E-state index contributed by atoms with van der Waals surface area (Å²) in [7, 11) is 0. The topological polar surface area (TPSA) is 58.2 Å². The van der Waals surface area contributed by atoms with Crippen LogP contribution in [0.15, 0.2) is 36.4 Å². The van der Waals surface area contributed by atoms with Crippen LogP contribution in [0, 0.1) is 11.7 Å². The highest BCUT2D eigenvalue weighted by molar-refractivity contribution is 6.31. The summed E-state index contributed by atoms with van der Waals surface area (Å²) >= 11 is 5.70. The van der Waals surface area contributed by atoms with Crippen LogP contribution < -0.4 is 10.6 Å². The van der Waals surface area contributed by atoms with Gasteiger partial charge in [-0.15, -0.1) is 0 Å². The molecule has 4 nitrogen and oxygen atoms in total. The highest BCUT2D eigenvalue weighted by atomic mass is 35.5. The van der Waals surface area contributed by atoms with Crippen LogP contribution in [0.5, 0.6) is 0 Å². The van der Waals surface area contributed by atoms with Crippen molar-refractivity contribution in [3.8, 4) is 0 Å². The van der Waals surface area contributed by atoms with Gasteiger partial charge in [-0.3, -0.25) is 9.59 Å². The highest BCUT2D eigenvalue weighted by Gasteiger charge is 2.35. The Bertz CT molecular complexity index is 911. The molecule has 27 heavy (non-hydrogen) atoms. The Hall–Kier alpha value is -2.61. The van der Waals surface area contributed by atoms with Gasteiger partial charge in [0.15, 0.2) is 0 Å². The minimum Gasteiger partial charge on any atom is -0.326 e. The molecule has 142 valence electrons. The maximum Gasteiger partial charge on any atom is 0.418 e. The van der Waals surface area contributed by atoms with Gasteiger partial charge in [-0.2, -0.15) is 13.2 Å². The number of carbonyl (C=O) groups is 2. The summed E-state index contributed by atoms with van der Waals surface area (Å²) in [5.41, 5.74) is -2.24. The first-order valence-electron chi connectivity index (χ1n) is 7.93. The molecule has 0 aliphatic heterocycles. The van der Waals surface area contributed by atoms with Gasteiger partial charge in [0.2, 0.25) is 5.91 Å². The fraction of sp³-hybridized carbons (Fsp3) is 0.222. The molecule has 1 aliphatic rings. The summed E-state index contributed by atoms with van der Waals surface area (Å²) in [6, 6.07) is 6.14. The number of hydrogen-bond acceptors (Lipinski definition) is 2. The average molecular weight is 401 g/mol. The van der Waals surface area contributed by atoms with Gasteiger partial charge in [0, 0.05) is 16.6 Å². The van der Waals surface area contributed by atoms with Crippen LogP contribution >= 0.6 is 11.6 Å². The van der Waals surface area contributed by atoms with E-state index in [1.54, 1.807) is 0 Å². The normalized spacial score (nSPS) is 14.0. The maximum absolute atomic E-state index is 13.8. The van der Waals surface area contributed by atoms with E-state index in [0.29, 0.717) is 12.8 Å². The second kappa shape index (κ2) is 7.19. The van der Waals surface area contributed by atoms with Gasteiger partial charge >= 0.3 is 6.18 Å². The van der Waals surface area contributed by atoms with Crippen LogP contribution in [0.2, 0.25) is 5.02 Å². The number of alkyl halides is 3. The molecule has 9 heteroatoms. The van der Waals surface area contributed by atoms with Crippen molar-refractivity contribution in [2.75, 3.05) is 10.6 Å². The van der Waals surface area contributed by atoms with Crippen molar-refractivity contribution >= 4 is 34.8 Å². The smallest absolute Gasteiger partial charge is 0.326 e. The van der Waals surface area contributed by atoms with Crippen molar-refractivity contribution in [1.82, 2.24) is 0 Å². The molecule has 0 heterocycles. The predicted molar refractivity (Wildman–Crippen MR) is 92.2 cm³/mol. The molecule has 0 saturated heterocycles. The van der Waals surface area contributed by atoms with E-state index in [1.165, 1.54) is 12.1 Å². The Morgan fingerprint density at radius 2 is 1.74 bits per heavy atom. The fourth-order valence-electron chi connectivity index (χ4n) is 2.42. The zero-order valence-electron chi connectivity index (χ0n) is 13.7. The average Bonchev–Trinajstić information content (AvgIpc) is 3.42. The summed E-state index contributed by atoms with van der Waals surface area (Å²) in [5.74, 6) is -2.51. The van der Waals surface area contributed by atoms with Gasteiger partial charge in [-0.05, 0) is 49.2 Å². The number of amides is 2. The Kier molecular flexibility index (Phi) is 5.10. The van der Waals surface area contributed by atoms with Crippen molar-refractivity contribution in [2.45, 2.75) is 19.0 Å². The number of benzene rings is 2. The van der Waals surface area contributed by atoms with Gasteiger partial charge in [0.05, 0.1) is 16.8 Å². The SMILES string of the molecule is O=C(Nc1ccc(NC(=O)C2CC2)cc1C(F)(F)F)c1cc(Cl)ccc1F. The van der Waals surface area contributed by atoms with E-state index in [9.17, 15) is 27.2 Å². The Morgan fingerprint density at radius 1 is 1.04 bits per heavy atom. The monoisotopic (exact) mass is 400 g/mol. The summed E-state index contributed by atoms with van der Waals surface area (Å²) in [6.07, 6.45) is -3.38. The van der Waals surface area contributed by atoms with Crippen LogP contribution in [-0.2, 0) is 11.0 Å². The van der Waals surface area contributed by atoms with Gasteiger partial charge in [0.1, 0.15) is 5.82 Å². The van der Waals surface area contributed by atoms with E-state index in [-0.39, 0.29) is 22.5 Å². The fourth-order valence-corrected chi connectivity index (χ4v) is 2.59. The van der Waals surface area contributed by atoms with Gasteiger partial charge in [-0.1, -0.05) is 11.6 Å². The maximum atomic E-state index is 13.8. The molecule has 0 aromatic heterocycles. The molecule has 0 unspecified atom stereocenters. The number of carbonyl (C=O) groups excluding carboxylic acids is 2. The van der Waals surface area contributed by atoms with E-state index < -0.39 is 34.7 Å². The molecule has 3 rings (SSSR count). The number of hydrogen-bond donors (Lipinski definition) is 2. The van der Waals surface area contributed by atoms with Gasteiger partial charge < -0.3 is 10.6 Å². The third-order valence-corrected chi connectivity index (χ3v) is 4.20. The molecular weight excluding hydrogens is 388 g/mol. The van der Waals surface area contributed by atoms with E-state index in [2.05, 4.69) is 5.32 Å². The molecule has 0 spiro atoms. The van der Waals surface area contributed by atoms with Crippen molar-refractivity contribution in [3.05, 3.63) is 58.4 Å². The van der Waals surface area contributed by atoms with E-state index in [1.807, 2.05) is 5.32 Å². The second-order valence-corrected chi connectivity index (χ2v) is 6.54. The summed E-state index contributed by atoms with van der Waals surface area (Å²) in [4.78, 5) is 23.9. The molecule has 0 bridgehead atoms. The lowest BCUT2D eigenvalue weighted by molar-refractivity contribution is -0.137.